The van der Waals surface area contributed by atoms with E-state index in [0.717, 1.165) is 17.7 Å². The summed E-state index contributed by atoms with van der Waals surface area (Å²) in [4.78, 5) is 13.9. The summed E-state index contributed by atoms with van der Waals surface area (Å²) in [6.07, 6.45) is 1.99. The van der Waals surface area contributed by atoms with Crippen molar-refractivity contribution in [3.8, 4) is 0 Å². The van der Waals surface area contributed by atoms with Crippen LogP contribution in [0.4, 0.5) is 5.69 Å². The molecule has 0 aliphatic carbocycles. The van der Waals surface area contributed by atoms with E-state index < -0.39 is 10.0 Å². The smallest absolute Gasteiger partial charge is 0.241 e. The number of benzene rings is 2. The summed E-state index contributed by atoms with van der Waals surface area (Å²) in [5, 5.41) is 0.611. The van der Waals surface area contributed by atoms with Crippen LogP contribution < -0.4 is 9.62 Å². The van der Waals surface area contributed by atoms with Crippen LogP contribution in [0.2, 0.25) is 5.02 Å². The number of nitrogens with one attached hydrogen (secondary N) is 1. The maximum atomic E-state index is 12.9. The number of aryl methyl sites for hydroxylation is 1. The van der Waals surface area contributed by atoms with Crippen molar-refractivity contribution in [3.05, 3.63) is 58.6 Å². The number of anilines is 1. The highest BCUT2D eigenvalue weighted by Gasteiger charge is 2.25. The van der Waals surface area contributed by atoms with Crippen molar-refractivity contribution >= 4 is 33.2 Å². The number of hydrogen-bond donors (Lipinski definition) is 1. The number of carbonyl (C=O) groups excluding carboxylic acids is 1. The molecule has 1 saturated heterocycles. The topological polar surface area (TPSA) is 66.5 Å². The standard InChI is InChI=1S/C20H23ClN2O3S/c1-3-18(15-6-8-16(21)9-7-15)22-27(25,26)19-11-10-17(13-14(19)2)23-12-4-5-20(23)24/h6-11,13,18,22H,3-5,12H2,1-2H3. The summed E-state index contributed by atoms with van der Waals surface area (Å²) in [5.41, 5.74) is 2.23. The Hall–Kier alpha value is -1.89. The number of rotatable bonds is 6. The van der Waals surface area contributed by atoms with Crippen molar-refractivity contribution < 1.29 is 13.2 Å². The van der Waals surface area contributed by atoms with Crippen LogP contribution in [0.1, 0.15) is 43.4 Å². The summed E-state index contributed by atoms with van der Waals surface area (Å²) in [5.74, 6) is 0.0805. The Bertz CT molecular complexity index is 942. The molecule has 144 valence electrons. The minimum absolute atomic E-state index is 0.0805. The quantitative estimate of drug-likeness (QED) is 0.781. The minimum Gasteiger partial charge on any atom is -0.312 e. The molecule has 1 aliphatic heterocycles. The molecule has 27 heavy (non-hydrogen) atoms. The van der Waals surface area contributed by atoms with Gasteiger partial charge >= 0.3 is 0 Å². The summed E-state index contributed by atoms with van der Waals surface area (Å²) >= 11 is 5.92. The first-order valence-electron chi connectivity index (χ1n) is 9.00. The Morgan fingerprint density at radius 1 is 1.19 bits per heavy atom. The Balaban J connectivity index is 1.85. The number of sulfonamides is 1. The van der Waals surface area contributed by atoms with Crippen LogP contribution in [0.3, 0.4) is 0 Å². The average molecular weight is 407 g/mol. The Labute approximate surface area is 165 Å². The number of hydrogen-bond acceptors (Lipinski definition) is 3. The molecule has 1 heterocycles. The molecule has 5 nitrogen and oxygen atoms in total. The van der Waals surface area contributed by atoms with Gasteiger partial charge in [-0.2, -0.15) is 0 Å². The van der Waals surface area contributed by atoms with E-state index in [-0.39, 0.29) is 16.8 Å². The average Bonchev–Trinajstić information content (AvgIpc) is 3.06. The maximum Gasteiger partial charge on any atom is 0.241 e. The van der Waals surface area contributed by atoms with Gasteiger partial charge in [0.2, 0.25) is 15.9 Å². The third kappa shape index (κ3) is 4.34. The van der Waals surface area contributed by atoms with E-state index in [0.29, 0.717) is 30.0 Å². The van der Waals surface area contributed by atoms with Gasteiger partial charge in [0.05, 0.1) is 4.90 Å². The van der Waals surface area contributed by atoms with Gasteiger partial charge in [0.15, 0.2) is 0 Å². The van der Waals surface area contributed by atoms with Crippen LogP contribution in [-0.4, -0.2) is 20.9 Å². The van der Waals surface area contributed by atoms with Gasteiger partial charge < -0.3 is 4.90 Å². The van der Waals surface area contributed by atoms with Crippen molar-refractivity contribution in [3.63, 3.8) is 0 Å². The van der Waals surface area contributed by atoms with Crippen LogP contribution in [0, 0.1) is 6.92 Å². The van der Waals surface area contributed by atoms with Gasteiger partial charge in [-0.3, -0.25) is 4.79 Å². The van der Waals surface area contributed by atoms with Crippen LogP contribution in [0.5, 0.6) is 0 Å². The molecule has 0 saturated carbocycles. The number of nitrogens with zero attached hydrogens (tertiary/aromatic N) is 1. The second kappa shape index (κ2) is 8.00. The van der Waals surface area contributed by atoms with E-state index in [1.54, 1.807) is 42.2 Å². The lowest BCUT2D eigenvalue weighted by Gasteiger charge is -2.20. The molecule has 1 amide bonds. The Morgan fingerprint density at radius 2 is 1.89 bits per heavy atom. The first kappa shape index (κ1) is 19.9. The highest BCUT2D eigenvalue weighted by Crippen LogP contribution is 2.28. The van der Waals surface area contributed by atoms with E-state index >= 15 is 0 Å². The van der Waals surface area contributed by atoms with E-state index in [2.05, 4.69) is 4.72 Å². The lowest BCUT2D eigenvalue weighted by atomic mass is 10.1. The van der Waals surface area contributed by atoms with Gasteiger partial charge in [-0.25, -0.2) is 13.1 Å². The van der Waals surface area contributed by atoms with Crippen LogP contribution in [-0.2, 0) is 14.8 Å². The fourth-order valence-corrected chi connectivity index (χ4v) is 5.02. The fraction of sp³-hybridized carbons (Fsp3) is 0.350. The van der Waals surface area contributed by atoms with Crippen LogP contribution in [0.25, 0.3) is 0 Å². The first-order valence-corrected chi connectivity index (χ1v) is 10.9. The summed E-state index contributed by atoms with van der Waals surface area (Å²) in [7, 11) is -3.70. The zero-order chi connectivity index (χ0) is 19.6. The van der Waals surface area contributed by atoms with Gasteiger partial charge in [0, 0.05) is 29.7 Å². The number of halogens is 1. The van der Waals surface area contributed by atoms with Gasteiger partial charge in [-0.1, -0.05) is 30.7 Å². The van der Waals surface area contributed by atoms with E-state index in [1.807, 2.05) is 19.1 Å². The van der Waals surface area contributed by atoms with Gasteiger partial charge in [-0.05, 0) is 61.2 Å². The molecule has 7 heteroatoms. The summed E-state index contributed by atoms with van der Waals surface area (Å²) < 4.78 is 28.7. The minimum atomic E-state index is -3.70. The molecule has 1 aliphatic rings. The molecule has 2 aromatic carbocycles. The summed E-state index contributed by atoms with van der Waals surface area (Å²) in [6.45, 7) is 4.36. The molecule has 2 aromatic rings. The molecule has 3 rings (SSSR count). The third-order valence-corrected chi connectivity index (χ3v) is 6.70. The monoisotopic (exact) mass is 406 g/mol. The lowest BCUT2D eigenvalue weighted by Crippen LogP contribution is -2.29. The van der Waals surface area contributed by atoms with Crippen LogP contribution >= 0.6 is 11.6 Å². The summed E-state index contributed by atoms with van der Waals surface area (Å²) in [6, 6.07) is 11.9. The Morgan fingerprint density at radius 3 is 2.44 bits per heavy atom. The molecule has 0 radical (unpaired) electrons. The molecule has 1 N–H and O–H groups in total. The highest BCUT2D eigenvalue weighted by molar-refractivity contribution is 7.89. The van der Waals surface area contributed by atoms with Gasteiger partial charge in [0.25, 0.3) is 0 Å². The van der Waals surface area contributed by atoms with Crippen LogP contribution in [0.15, 0.2) is 47.4 Å². The van der Waals surface area contributed by atoms with Crippen molar-refractivity contribution in [2.45, 2.75) is 44.0 Å². The van der Waals surface area contributed by atoms with Gasteiger partial charge in [0.1, 0.15) is 0 Å². The molecule has 1 fully saturated rings. The second-order valence-corrected chi connectivity index (χ2v) is 8.85. The largest absolute Gasteiger partial charge is 0.312 e. The lowest BCUT2D eigenvalue weighted by molar-refractivity contribution is -0.117. The van der Waals surface area contributed by atoms with Crippen molar-refractivity contribution in [1.29, 1.82) is 0 Å². The molecule has 1 unspecified atom stereocenters. The molecule has 0 aromatic heterocycles. The first-order chi connectivity index (χ1) is 12.8. The predicted octanol–water partition coefficient (Wildman–Crippen LogP) is 4.20. The zero-order valence-corrected chi connectivity index (χ0v) is 17.0. The van der Waals surface area contributed by atoms with Gasteiger partial charge in [-0.15, -0.1) is 0 Å². The maximum absolute atomic E-state index is 12.9. The number of amides is 1. The zero-order valence-electron chi connectivity index (χ0n) is 15.4. The fourth-order valence-electron chi connectivity index (χ4n) is 3.36. The van der Waals surface area contributed by atoms with E-state index in [4.69, 9.17) is 11.6 Å². The van der Waals surface area contributed by atoms with Crippen molar-refractivity contribution in [1.82, 2.24) is 4.72 Å². The Kier molecular flexibility index (Phi) is 5.89. The molecular formula is C20H23ClN2O3S. The molecule has 0 spiro atoms. The molecule has 0 bridgehead atoms. The second-order valence-electron chi connectivity index (χ2n) is 6.73. The van der Waals surface area contributed by atoms with Crippen molar-refractivity contribution in [2.75, 3.05) is 11.4 Å². The predicted molar refractivity (Wildman–Crippen MR) is 108 cm³/mol. The van der Waals surface area contributed by atoms with Crippen molar-refractivity contribution in [2.24, 2.45) is 0 Å². The van der Waals surface area contributed by atoms with E-state index in [1.165, 1.54) is 0 Å². The molecular weight excluding hydrogens is 384 g/mol. The highest BCUT2D eigenvalue weighted by atomic mass is 35.5. The SMILES string of the molecule is CCC(NS(=O)(=O)c1ccc(N2CCCC2=O)cc1C)c1ccc(Cl)cc1. The molecule has 1 atom stereocenters. The third-order valence-electron chi connectivity index (χ3n) is 4.81. The van der Waals surface area contributed by atoms with E-state index in [9.17, 15) is 13.2 Å². The normalized spacial score (nSPS) is 16.0. The number of carbonyl (C=O) groups is 1.